The molecule has 0 fully saturated rings. The van der Waals surface area contributed by atoms with E-state index >= 15 is 0 Å². The van der Waals surface area contributed by atoms with Gasteiger partial charge >= 0.3 is 5.97 Å². The van der Waals surface area contributed by atoms with Crippen molar-refractivity contribution in [1.29, 1.82) is 0 Å². The zero-order chi connectivity index (χ0) is 8.43. The van der Waals surface area contributed by atoms with E-state index in [1.165, 1.54) is 0 Å². The molecule has 0 unspecified atom stereocenters. The second kappa shape index (κ2) is 4.33. The fraction of sp³-hybridized carbons (Fsp3) is 0.571. The standard InChI is InChI=1S/C7H11NO3.ClH/c1-8-3-2-6(9)5(4-8)7(10)11;/h9H,2-4H2,1H3,(H,10,11);1H. The molecule has 0 aromatic rings. The van der Waals surface area contributed by atoms with Gasteiger partial charge in [0.25, 0.3) is 0 Å². The van der Waals surface area contributed by atoms with Crippen molar-refractivity contribution in [2.75, 3.05) is 20.1 Å². The largest absolute Gasteiger partial charge is 0.512 e. The Hall–Kier alpha value is -0.740. The molecule has 70 valence electrons. The van der Waals surface area contributed by atoms with Crippen LogP contribution in [0, 0.1) is 0 Å². The van der Waals surface area contributed by atoms with Crippen LogP contribution in [0.3, 0.4) is 0 Å². The van der Waals surface area contributed by atoms with Gasteiger partial charge in [0, 0.05) is 19.5 Å². The molecule has 0 radical (unpaired) electrons. The van der Waals surface area contributed by atoms with Crippen LogP contribution in [0.25, 0.3) is 0 Å². The van der Waals surface area contributed by atoms with Crippen molar-refractivity contribution in [3.8, 4) is 0 Å². The van der Waals surface area contributed by atoms with Crippen LogP contribution < -0.4 is 0 Å². The van der Waals surface area contributed by atoms with Crippen LogP contribution in [0.2, 0.25) is 0 Å². The monoisotopic (exact) mass is 193 g/mol. The Balaban J connectivity index is 0.00000121. The Bertz CT molecular complexity index is 215. The zero-order valence-electron chi connectivity index (χ0n) is 6.78. The van der Waals surface area contributed by atoms with Gasteiger partial charge in [-0.05, 0) is 7.05 Å². The Morgan fingerprint density at radius 1 is 1.58 bits per heavy atom. The lowest BCUT2D eigenvalue weighted by Crippen LogP contribution is -2.30. The number of hydrogen-bond donors (Lipinski definition) is 2. The molecule has 2 N–H and O–H groups in total. The van der Waals surface area contributed by atoms with E-state index in [9.17, 15) is 4.79 Å². The lowest BCUT2D eigenvalue weighted by Gasteiger charge is -2.22. The van der Waals surface area contributed by atoms with Gasteiger partial charge in [-0.2, -0.15) is 0 Å². The molecule has 5 heteroatoms. The fourth-order valence-corrected chi connectivity index (χ4v) is 1.08. The highest BCUT2D eigenvalue weighted by Gasteiger charge is 2.20. The highest BCUT2D eigenvalue weighted by atomic mass is 35.5. The number of rotatable bonds is 1. The van der Waals surface area contributed by atoms with E-state index in [0.717, 1.165) is 6.54 Å². The van der Waals surface area contributed by atoms with Crippen LogP contribution in [-0.2, 0) is 4.79 Å². The molecule has 0 bridgehead atoms. The van der Waals surface area contributed by atoms with Gasteiger partial charge < -0.3 is 15.1 Å². The number of likely N-dealkylation sites (N-methyl/N-ethyl adjacent to an activating group) is 1. The molecule has 0 spiro atoms. The minimum atomic E-state index is -1.02. The van der Waals surface area contributed by atoms with Crippen molar-refractivity contribution in [2.24, 2.45) is 0 Å². The first-order valence-corrected chi connectivity index (χ1v) is 3.44. The topological polar surface area (TPSA) is 60.8 Å². The normalized spacial score (nSPS) is 18.8. The molecule has 0 aliphatic carbocycles. The van der Waals surface area contributed by atoms with Gasteiger partial charge in [-0.25, -0.2) is 4.79 Å². The van der Waals surface area contributed by atoms with E-state index in [2.05, 4.69) is 0 Å². The summed E-state index contributed by atoms with van der Waals surface area (Å²) in [6.07, 6.45) is 0.443. The molecular weight excluding hydrogens is 182 g/mol. The number of halogens is 1. The number of carboxylic acids is 1. The first-order valence-electron chi connectivity index (χ1n) is 3.44. The van der Waals surface area contributed by atoms with Gasteiger partial charge in [0.05, 0.1) is 5.57 Å². The highest BCUT2D eigenvalue weighted by Crippen LogP contribution is 2.13. The number of aliphatic hydroxyl groups excluding tert-OH is 1. The average Bonchev–Trinajstić information content (AvgIpc) is 1.94. The molecule has 0 saturated carbocycles. The summed E-state index contributed by atoms with van der Waals surface area (Å²) in [5.74, 6) is -0.996. The second-order valence-corrected chi connectivity index (χ2v) is 2.72. The maximum absolute atomic E-state index is 10.5. The van der Waals surface area contributed by atoms with Crippen molar-refractivity contribution in [3.63, 3.8) is 0 Å². The number of carbonyl (C=O) groups is 1. The third-order valence-corrected chi connectivity index (χ3v) is 1.76. The molecule has 1 rings (SSSR count). The van der Waals surface area contributed by atoms with E-state index in [-0.39, 0.29) is 23.7 Å². The van der Waals surface area contributed by atoms with Crippen molar-refractivity contribution < 1.29 is 15.0 Å². The molecule has 0 amide bonds. The Kier molecular flexibility index (Phi) is 4.06. The minimum Gasteiger partial charge on any atom is -0.512 e. The second-order valence-electron chi connectivity index (χ2n) is 2.72. The summed E-state index contributed by atoms with van der Waals surface area (Å²) in [7, 11) is 1.83. The molecular formula is C7H12ClNO3. The minimum absolute atomic E-state index is 0. The summed E-state index contributed by atoms with van der Waals surface area (Å²) >= 11 is 0. The number of hydrogen-bond acceptors (Lipinski definition) is 3. The van der Waals surface area contributed by atoms with Crippen LogP contribution in [0.1, 0.15) is 6.42 Å². The van der Waals surface area contributed by atoms with Crippen molar-refractivity contribution in [1.82, 2.24) is 4.90 Å². The lowest BCUT2D eigenvalue weighted by atomic mass is 10.1. The summed E-state index contributed by atoms with van der Waals surface area (Å²) in [5.41, 5.74) is 0.124. The molecule has 0 aromatic carbocycles. The van der Waals surface area contributed by atoms with Crippen LogP contribution in [-0.4, -0.2) is 41.2 Å². The first kappa shape index (κ1) is 11.3. The quantitative estimate of drug-likeness (QED) is 0.642. The lowest BCUT2D eigenvalue weighted by molar-refractivity contribution is -0.133. The van der Waals surface area contributed by atoms with E-state index in [1.807, 2.05) is 11.9 Å². The summed E-state index contributed by atoms with van der Waals surface area (Å²) in [6.45, 7) is 1.06. The van der Waals surface area contributed by atoms with Gasteiger partial charge in [0.15, 0.2) is 0 Å². The number of carboxylic acid groups (broad SMARTS) is 1. The predicted molar refractivity (Wildman–Crippen MR) is 46.7 cm³/mol. The SMILES string of the molecule is CN1CCC(O)=C(C(=O)O)C1.Cl. The number of aliphatic hydroxyl groups is 1. The van der Waals surface area contributed by atoms with Gasteiger partial charge in [-0.3, -0.25) is 0 Å². The van der Waals surface area contributed by atoms with E-state index in [4.69, 9.17) is 10.2 Å². The van der Waals surface area contributed by atoms with E-state index < -0.39 is 5.97 Å². The summed E-state index contributed by atoms with van der Waals surface area (Å²) in [5, 5.41) is 17.7. The number of nitrogens with zero attached hydrogens (tertiary/aromatic N) is 1. The van der Waals surface area contributed by atoms with Gasteiger partial charge in [0.2, 0.25) is 0 Å². The maximum Gasteiger partial charge on any atom is 0.336 e. The maximum atomic E-state index is 10.5. The molecule has 0 atom stereocenters. The smallest absolute Gasteiger partial charge is 0.336 e. The van der Waals surface area contributed by atoms with Gasteiger partial charge in [-0.15, -0.1) is 12.4 Å². The molecule has 1 heterocycles. The molecule has 0 aromatic heterocycles. The predicted octanol–water partition coefficient (Wildman–Crippen LogP) is 0.640. The van der Waals surface area contributed by atoms with Crippen molar-refractivity contribution >= 4 is 18.4 Å². The Morgan fingerprint density at radius 2 is 2.17 bits per heavy atom. The van der Waals surface area contributed by atoms with E-state index in [0.29, 0.717) is 13.0 Å². The fourth-order valence-electron chi connectivity index (χ4n) is 1.08. The molecule has 1 aliphatic heterocycles. The van der Waals surface area contributed by atoms with Crippen LogP contribution in [0.4, 0.5) is 0 Å². The molecule has 4 nitrogen and oxygen atoms in total. The third-order valence-electron chi connectivity index (χ3n) is 1.76. The van der Waals surface area contributed by atoms with Crippen LogP contribution >= 0.6 is 12.4 Å². The summed E-state index contributed by atoms with van der Waals surface area (Å²) < 4.78 is 0. The summed E-state index contributed by atoms with van der Waals surface area (Å²) in [4.78, 5) is 12.3. The van der Waals surface area contributed by atoms with Gasteiger partial charge in [-0.1, -0.05) is 0 Å². The Labute approximate surface area is 76.9 Å². The first-order chi connectivity index (χ1) is 5.11. The van der Waals surface area contributed by atoms with Crippen molar-refractivity contribution in [3.05, 3.63) is 11.3 Å². The number of aliphatic carboxylic acids is 1. The average molecular weight is 194 g/mol. The third kappa shape index (κ3) is 2.39. The molecule has 0 saturated heterocycles. The van der Waals surface area contributed by atoms with Crippen molar-refractivity contribution in [2.45, 2.75) is 6.42 Å². The van der Waals surface area contributed by atoms with Crippen LogP contribution in [0.15, 0.2) is 11.3 Å². The zero-order valence-corrected chi connectivity index (χ0v) is 7.60. The molecule has 12 heavy (non-hydrogen) atoms. The molecule has 1 aliphatic rings. The highest BCUT2D eigenvalue weighted by molar-refractivity contribution is 5.87. The van der Waals surface area contributed by atoms with E-state index in [1.54, 1.807) is 0 Å². The Morgan fingerprint density at radius 3 is 2.58 bits per heavy atom. The van der Waals surface area contributed by atoms with Crippen LogP contribution in [0.5, 0.6) is 0 Å². The summed E-state index contributed by atoms with van der Waals surface area (Å²) in [6, 6.07) is 0. The van der Waals surface area contributed by atoms with Gasteiger partial charge in [0.1, 0.15) is 5.76 Å².